The first-order chi connectivity index (χ1) is 16.4. The van der Waals surface area contributed by atoms with E-state index < -0.39 is 5.60 Å². The minimum atomic E-state index is -0.780. The van der Waals surface area contributed by atoms with Gasteiger partial charge in [-0.2, -0.15) is 0 Å². The van der Waals surface area contributed by atoms with Crippen LogP contribution < -0.4 is 4.74 Å². The van der Waals surface area contributed by atoms with Gasteiger partial charge in [0, 0.05) is 0 Å². The number of thiazole rings is 2. The van der Waals surface area contributed by atoms with E-state index in [4.69, 9.17) is 14.7 Å². The monoisotopic (exact) mass is 486 g/mol. The van der Waals surface area contributed by atoms with Crippen molar-refractivity contribution in [2.24, 2.45) is 5.92 Å². The van der Waals surface area contributed by atoms with Gasteiger partial charge in [0.1, 0.15) is 5.01 Å². The van der Waals surface area contributed by atoms with E-state index in [1.807, 2.05) is 24.3 Å². The quantitative estimate of drug-likeness (QED) is 0.255. The number of aromatic nitrogens is 2. The Labute approximate surface area is 209 Å². The predicted octanol–water partition coefficient (Wildman–Crippen LogP) is 8.84. The lowest BCUT2D eigenvalue weighted by atomic mass is 9.66. The van der Waals surface area contributed by atoms with E-state index >= 15 is 0 Å². The first-order valence-corrected chi connectivity index (χ1v) is 13.4. The molecule has 2 aromatic carbocycles. The number of allylic oxidation sites excluding steroid dienone is 2. The summed E-state index contributed by atoms with van der Waals surface area (Å²) in [5, 5.41) is 1.65. The average molecular weight is 487 g/mol. The highest BCUT2D eigenvalue weighted by molar-refractivity contribution is 7.20. The summed E-state index contributed by atoms with van der Waals surface area (Å²) in [6, 6.07) is 16.6. The van der Waals surface area contributed by atoms with Crippen LogP contribution in [0, 0.1) is 5.92 Å². The van der Waals surface area contributed by atoms with Crippen molar-refractivity contribution in [1.82, 2.24) is 9.97 Å². The molecule has 1 aliphatic carbocycles. The Morgan fingerprint density at radius 1 is 0.912 bits per heavy atom. The summed E-state index contributed by atoms with van der Waals surface area (Å²) in [5.74, 6) is -0.0104. The normalized spacial score (nSPS) is 21.0. The predicted molar refractivity (Wildman–Crippen MR) is 146 cm³/mol. The summed E-state index contributed by atoms with van der Waals surface area (Å²) >= 11 is 3.32. The lowest BCUT2D eigenvalue weighted by Gasteiger charge is -2.45. The minimum absolute atomic E-state index is 0.0104. The van der Waals surface area contributed by atoms with Crippen LogP contribution in [-0.4, -0.2) is 9.97 Å². The average Bonchev–Trinajstić information content (AvgIpc) is 3.45. The zero-order valence-electron chi connectivity index (χ0n) is 20.4. The van der Waals surface area contributed by atoms with Crippen molar-refractivity contribution in [2.45, 2.75) is 53.1 Å². The molecular weight excluding hydrogens is 456 g/mol. The molecule has 0 aliphatic heterocycles. The highest BCUT2D eigenvalue weighted by Crippen LogP contribution is 2.55. The van der Waals surface area contributed by atoms with E-state index in [0.717, 1.165) is 33.6 Å². The van der Waals surface area contributed by atoms with Crippen LogP contribution in [0.1, 0.15) is 52.5 Å². The molecule has 0 amide bonds. The number of fused-ring (bicyclic) bond motifs is 2. The molecular formula is C29H30N2OS2. The number of hydrogen-bond acceptors (Lipinski definition) is 5. The molecule has 5 heteroatoms. The summed E-state index contributed by atoms with van der Waals surface area (Å²) < 4.78 is 9.42. The van der Waals surface area contributed by atoms with Crippen LogP contribution in [0.4, 0.5) is 0 Å². The molecule has 2 atom stereocenters. The lowest BCUT2D eigenvalue weighted by molar-refractivity contribution is 0.0645. The molecule has 1 aliphatic rings. The Morgan fingerprint density at radius 2 is 1.53 bits per heavy atom. The van der Waals surface area contributed by atoms with Crippen molar-refractivity contribution in [2.75, 3.05) is 0 Å². The fourth-order valence-corrected chi connectivity index (χ4v) is 7.23. The van der Waals surface area contributed by atoms with Gasteiger partial charge in [0.2, 0.25) is 0 Å². The van der Waals surface area contributed by atoms with E-state index in [0.29, 0.717) is 5.19 Å². The van der Waals surface area contributed by atoms with Gasteiger partial charge in [0.25, 0.3) is 5.19 Å². The molecule has 174 valence electrons. The molecule has 0 spiro atoms. The number of nitrogens with zero attached hydrogens (tertiary/aromatic N) is 2. The number of para-hydroxylation sites is 2. The van der Waals surface area contributed by atoms with Crippen molar-refractivity contribution in [3.63, 3.8) is 0 Å². The molecule has 5 rings (SSSR count). The van der Waals surface area contributed by atoms with Crippen molar-refractivity contribution in [3.8, 4) is 5.19 Å². The second-order valence-electron chi connectivity index (χ2n) is 9.17. The third-order valence-corrected chi connectivity index (χ3v) is 9.29. The van der Waals surface area contributed by atoms with Gasteiger partial charge in [-0.3, -0.25) is 0 Å². The molecule has 0 N–H and O–H groups in total. The second-order valence-corrected chi connectivity index (χ2v) is 11.2. The highest BCUT2D eigenvalue weighted by Gasteiger charge is 2.52. The largest absolute Gasteiger partial charge is 0.450 e. The summed E-state index contributed by atoms with van der Waals surface area (Å²) in [6.07, 6.45) is 1.98. The number of benzene rings is 2. The number of rotatable bonds is 6. The third-order valence-electron chi connectivity index (χ3n) is 7.23. The van der Waals surface area contributed by atoms with Crippen LogP contribution in [0.5, 0.6) is 5.19 Å². The molecule has 0 radical (unpaired) electrons. The molecule has 0 bridgehead atoms. The van der Waals surface area contributed by atoms with Crippen LogP contribution in [0.3, 0.4) is 0 Å². The maximum absolute atomic E-state index is 7.13. The summed E-state index contributed by atoms with van der Waals surface area (Å²) in [4.78, 5) is 10.0. The fraction of sp³-hybridized carbons (Fsp3) is 0.310. The van der Waals surface area contributed by atoms with Gasteiger partial charge < -0.3 is 4.74 Å². The van der Waals surface area contributed by atoms with Crippen LogP contribution in [0.15, 0.2) is 83.0 Å². The first-order valence-electron chi connectivity index (χ1n) is 11.8. The summed E-state index contributed by atoms with van der Waals surface area (Å²) in [5.41, 5.74) is 7.46. The van der Waals surface area contributed by atoms with Crippen molar-refractivity contribution in [3.05, 3.63) is 88.0 Å². The molecule has 4 aromatic rings. The van der Waals surface area contributed by atoms with E-state index in [2.05, 4.69) is 65.5 Å². The number of ether oxygens (including phenoxy) is 1. The Morgan fingerprint density at radius 3 is 2.15 bits per heavy atom. The molecule has 2 aromatic heterocycles. The maximum Gasteiger partial charge on any atom is 0.275 e. The van der Waals surface area contributed by atoms with Gasteiger partial charge in [-0.05, 0) is 75.1 Å². The first kappa shape index (κ1) is 23.0. The Kier molecular flexibility index (Phi) is 5.95. The van der Waals surface area contributed by atoms with Gasteiger partial charge in [0.15, 0.2) is 5.60 Å². The van der Waals surface area contributed by atoms with E-state index in [1.165, 1.54) is 32.6 Å². The summed E-state index contributed by atoms with van der Waals surface area (Å²) in [6.45, 7) is 15.7. The van der Waals surface area contributed by atoms with E-state index in [-0.39, 0.29) is 5.92 Å². The molecule has 3 nitrogen and oxygen atoms in total. The van der Waals surface area contributed by atoms with Gasteiger partial charge >= 0.3 is 0 Å². The molecule has 34 heavy (non-hydrogen) atoms. The van der Waals surface area contributed by atoms with E-state index in [9.17, 15) is 0 Å². The molecule has 0 saturated heterocycles. The van der Waals surface area contributed by atoms with Crippen LogP contribution >= 0.6 is 22.7 Å². The molecule has 2 unspecified atom stereocenters. The maximum atomic E-state index is 7.13. The Balaban J connectivity index is 1.80. The fourth-order valence-electron chi connectivity index (χ4n) is 5.18. The molecule has 0 saturated carbocycles. The van der Waals surface area contributed by atoms with Crippen LogP contribution in [0.25, 0.3) is 20.4 Å². The Hall–Kier alpha value is -2.76. The highest BCUT2D eigenvalue weighted by atomic mass is 32.1. The second kappa shape index (κ2) is 8.79. The number of hydrogen-bond donors (Lipinski definition) is 0. The smallest absolute Gasteiger partial charge is 0.275 e. The van der Waals surface area contributed by atoms with Crippen molar-refractivity contribution >= 4 is 43.1 Å². The van der Waals surface area contributed by atoms with Gasteiger partial charge in [-0.1, -0.05) is 66.7 Å². The Bertz CT molecular complexity index is 1410. The molecule has 0 fully saturated rings. The zero-order chi connectivity index (χ0) is 24.0. The topological polar surface area (TPSA) is 35.0 Å². The van der Waals surface area contributed by atoms with Crippen molar-refractivity contribution < 1.29 is 4.74 Å². The van der Waals surface area contributed by atoms with Crippen LogP contribution in [-0.2, 0) is 5.60 Å². The van der Waals surface area contributed by atoms with Crippen molar-refractivity contribution in [1.29, 1.82) is 0 Å². The van der Waals surface area contributed by atoms with Gasteiger partial charge in [0.05, 0.1) is 26.4 Å². The van der Waals surface area contributed by atoms with Gasteiger partial charge in [-0.25, -0.2) is 9.97 Å². The lowest BCUT2D eigenvalue weighted by Crippen LogP contribution is -2.46. The zero-order valence-corrected chi connectivity index (χ0v) is 22.1. The SMILES string of the molecule is C=C(CCC)C1C(C)=C(C)C(C)=C(C)C1(Oc1nc2ccccc2s1)c1nc2ccccc2s1. The minimum Gasteiger partial charge on any atom is -0.450 e. The third kappa shape index (κ3) is 3.53. The van der Waals surface area contributed by atoms with E-state index in [1.54, 1.807) is 22.7 Å². The molecule has 2 heterocycles. The standard InChI is InChI=1S/C29H30N2OS2/c1-7-12-17(2)26-20(5)18(3)19(4)21(6)29(26,27-30-22-13-8-10-15-24(22)33-27)32-28-31-23-14-9-11-16-25(23)34-28/h8-11,13-16,26H,2,7,12H2,1,3-6H3. The van der Waals surface area contributed by atoms with Crippen LogP contribution in [0.2, 0.25) is 0 Å². The van der Waals surface area contributed by atoms with Gasteiger partial charge in [-0.15, -0.1) is 11.3 Å². The summed E-state index contributed by atoms with van der Waals surface area (Å²) in [7, 11) is 0.